The molecule has 0 radical (unpaired) electrons. The second-order valence-electron chi connectivity index (χ2n) is 5.05. The van der Waals surface area contributed by atoms with E-state index >= 15 is 0 Å². The third kappa shape index (κ3) is 2.78. The van der Waals surface area contributed by atoms with Gasteiger partial charge >= 0.3 is 11.9 Å². The molecule has 1 aliphatic rings. The molecule has 0 spiro atoms. The maximum atomic E-state index is 12.0. The summed E-state index contributed by atoms with van der Waals surface area (Å²) in [5, 5.41) is 0. The predicted octanol–water partition coefficient (Wildman–Crippen LogP) is 2.43. The van der Waals surface area contributed by atoms with Crippen LogP contribution in [0.25, 0.3) is 0 Å². The third-order valence-corrected chi connectivity index (χ3v) is 3.83. The van der Waals surface area contributed by atoms with Crippen LogP contribution < -0.4 is 0 Å². The summed E-state index contributed by atoms with van der Waals surface area (Å²) in [4.78, 5) is 23.8. The lowest BCUT2D eigenvalue weighted by Crippen LogP contribution is -2.47. The van der Waals surface area contributed by atoms with Gasteiger partial charge in [-0.3, -0.25) is 0 Å². The van der Waals surface area contributed by atoms with Crippen molar-refractivity contribution in [3.63, 3.8) is 0 Å². The van der Waals surface area contributed by atoms with Crippen LogP contribution in [0.2, 0.25) is 0 Å². The molecule has 0 aliphatic carbocycles. The summed E-state index contributed by atoms with van der Waals surface area (Å²) in [7, 11) is 0. The number of carbonyl (C=O) groups is 2. The van der Waals surface area contributed by atoms with E-state index in [1.165, 1.54) is 0 Å². The minimum Gasteiger partial charge on any atom is -0.460 e. The number of hydrogen-bond acceptors (Lipinski definition) is 4. The molecule has 0 amide bonds. The van der Waals surface area contributed by atoms with Crippen molar-refractivity contribution in [1.29, 1.82) is 0 Å². The summed E-state index contributed by atoms with van der Waals surface area (Å²) in [5.74, 6) is -0.839. The molecule has 4 heteroatoms. The van der Waals surface area contributed by atoms with Crippen molar-refractivity contribution in [1.82, 2.24) is 0 Å². The van der Waals surface area contributed by atoms with Crippen LogP contribution in [0.4, 0.5) is 0 Å². The average molecular weight is 262 g/mol. The van der Waals surface area contributed by atoms with Gasteiger partial charge < -0.3 is 9.47 Å². The van der Waals surface area contributed by atoms with E-state index in [2.05, 4.69) is 0 Å². The Labute approximate surface area is 112 Å². The number of esters is 2. The first kappa shape index (κ1) is 13.6. The zero-order valence-corrected chi connectivity index (χ0v) is 11.3. The van der Waals surface area contributed by atoms with Crippen molar-refractivity contribution in [3.8, 4) is 0 Å². The second kappa shape index (κ2) is 5.43. The quantitative estimate of drug-likeness (QED) is 0.768. The van der Waals surface area contributed by atoms with E-state index in [4.69, 9.17) is 9.47 Å². The van der Waals surface area contributed by atoms with Crippen molar-refractivity contribution in [3.05, 3.63) is 35.9 Å². The maximum Gasteiger partial charge on any atom is 0.348 e. The summed E-state index contributed by atoms with van der Waals surface area (Å²) >= 11 is 0. The Kier molecular flexibility index (Phi) is 3.88. The first-order valence-corrected chi connectivity index (χ1v) is 6.47. The monoisotopic (exact) mass is 262 g/mol. The number of carbonyl (C=O) groups excluding carboxylic acids is 2. The molecular formula is C15H18O4. The van der Waals surface area contributed by atoms with E-state index in [1.54, 1.807) is 24.3 Å². The molecule has 0 aromatic heterocycles. The van der Waals surface area contributed by atoms with Crippen LogP contribution in [-0.2, 0) is 14.3 Å². The fourth-order valence-electron chi connectivity index (χ4n) is 2.19. The van der Waals surface area contributed by atoms with Crippen LogP contribution >= 0.6 is 0 Å². The van der Waals surface area contributed by atoms with Gasteiger partial charge in [0.25, 0.3) is 0 Å². The van der Waals surface area contributed by atoms with Gasteiger partial charge in [0.1, 0.15) is 6.10 Å². The number of cyclic esters (lactones) is 1. The lowest BCUT2D eigenvalue weighted by atomic mass is 9.84. The van der Waals surface area contributed by atoms with Crippen molar-refractivity contribution in [2.45, 2.75) is 33.0 Å². The summed E-state index contributed by atoms with van der Waals surface area (Å²) in [6.07, 6.45) is -0.965. The fourth-order valence-corrected chi connectivity index (χ4v) is 2.19. The summed E-state index contributed by atoms with van der Waals surface area (Å²) in [5.41, 5.74) is 0.439. The zero-order valence-electron chi connectivity index (χ0n) is 11.3. The lowest BCUT2D eigenvalue weighted by Gasteiger charge is -2.36. The van der Waals surface area contributed by atoms with Gasteiger partial charge in [0.2, 0.25) is 6.10 Å². The highest BCUT2D eigenvalue weighted by Gasteiger charge is 2.42. The largest absolute Gasteiger partial charge is 0.460 e. The first-order valence-electron chi connectivity index (χ1n) is 6.47. The molecule has 0 saturated carbocycles. The molecule has 2 rings (SSSR count). The topological polar surface area (TPSA) is 52.6 Å². The van der Waals surface area contributed by atoms with E-state index in [1.807, 2.05) is 26.8 Å². The molecule has 0 bridgehead atoms. The molecule has 4 nitrogen and oxygen atoms in total. The van der Waals surface area contributed by atoms with Crippen molar-refractivity contribution < 1.29 is 19.1 Å². The van der Waals surface area contributed by atoms with E-state index in [9.17, 15) is 9.59 Å². The van der Waals surface area contributed by atoms with Gasteiger partial charge in [-0.15, -0.1) is 0 Å². The van der Waals surface area contributed by atoms with Gasteiger partial charge in [-0.2, -0.15) is 0 Å². The van der Waals surface area contributed by atoms with Gasteiger partial charge in [-0.25, -0.2) is 9.59 Å². The molecule has 1 heterocycles. The molecule has 102 valence electrons. The Morgan fingerprint density at radius 3 is 2.37 bits per heavy atom. The highest BCUT2D eigenvalue weighted by atomic mass is 16.6. The third-order valence-electron chi connectivity index (χ3n) is 3.83. The SMILES string of the molecule is CC1OC(=O)C(OC(=O)c2ccccc2)[C@@H](C)[C@H]1C. The molecule has 19 heavy (non-hydrogen) atoms. The van der Waals surface area contributed by atoms with Gasteiger partial charge in [0, 0.05) is 5.92 Å². The van der Waals surface area contributed by atoms with Gasteiger partial charge in [0.15, 0.2) is 0 Å². The Balaban J connectivity index is 2.10. The highest BCUT2D eigenvalue weighted by molar-refractivity contribution is 5.91. The van der Waals surface area contributed by atoms with Crippen LogP contribution in [0, 0.1) is 11.8 Å². The van der Waals surface area contributed by atoms with Crippen molar-refractivity contribution in [2.24, 2.45) is 11.8 Å². The molecule has 0 N–H and O–H groups in total. The molecule has 1 fully saturated rings. The Morgan fingerprint density at radius 1 is 1.11 bits per heavy atom. The standard InChI is InChI=1S/C15H18O4/c1-9-10(2)13(15(17)18-11(9)3)19-14(16)12-7-5-4-6-8-12/h4-11,13H,1-3H3/t9-,10+,11?,13?/m1/s1. The van der Waals surface area contributed by atoms with Crippen molar-refractivity contribution >= 4 is 11.9 Å². The minimum atomic E-state index is -0.820. The lowest BCUT2D eigenvalue weighted by molar-refractivity contribution is -0.178. The molecule has 4 atom stereocenters. The Morgan fingerprint density at radius 2 is 1.74 bits per heavy atom. The van der Waals surface area contributed by atoms with Crippen LogP contribution in [0.5, 0.6) is 0 Å². The summed E-state index contributed by atoms with van der Waals surface area (Å²) in [6.45, 7) is 5.75. The Bertz CT molecular complexity index is 468. The van der Waals surface area contributed by atoms with Crippen LogP contribution in [-0.4, -0.2) is 24.1 Å². The van der Waals surface area contributed by atoms with E-state index in [-0.39, 0.29) is 17.9 Å². The first-order chi connectivity index (χ1) is 9.00. The highest BCUT2D eigenvalue weighted by Crippen LogP contribution is 2.29. The molecule has 1 aromatic carbocycles. The Hall–Kier alpha value is -1.84. The van der Waals surface area contributed by atoms with E-state index in [0.29, 0.717) is 5.56 Å². The van der Waals surface area contributed by atoms with Crippen LogP contribution in [0.15, 0.2) is 30.3 Å². The normalized spacial score (nSPS) is 30.6. The van der Waals surface area contributed by atoms with E-state index in [0.717, 1.165) is 0 Å². The molecule has 1 aromatic rings. The summed E-state index contributed by atoms with van der Waals surface area (Å²) in [6, 6.07) is 8.65. The smallest absolute Gasteiger partial charge is 0.348 e. The number of benzene rings is 1. The minimum absolute atomic E-state index is 0.0519. The number of rotatable bonds is 2. The van der Waals surface area contributed by atoms with Crippen LogP contribution in [0.1, 0.15) is 31.1 Å². The molecule has 1 saturated heterocycles. The fraction of sp³-hybridized carbons (Fsp3) is 0.467. The zero-order chi connectivity index (χ0) is 14.0. The van der Waals surface area contributed by atoms with E-state index < -0.39 is 18.0 Å². The average Bonchev–Trinajstić information content (AvgIpc) is 2.42. The summed E-state index contributed by atoms with van der Waals surface area (Å²) < 4.78 is 10.5. The molecular weight excluding hydrogens is 244 g/mol. The number of hydrogen-bond donors (Lipinski definition) is 0. The second-order valence-corrected chi connectivity index (χ2v) is 5.05. The maximum absolute atomic E-state index is 12.0. The predicted molar refractivity (Wildman–Crippen MR) is 69.5 cm³/mol. The molecule has 1 aliphatic heterocycles. The van der Waals surface area contributed by atoms with Gasteiger partial charge in [-0.1, -0.05) is 32.0 Å². The number of ether oxygens (including phenoxy) is 2. The van der Waals surface area contributed by atoms with Gasteiger partial charge in [0.05, 0.1) is 5.56 Å². The van der Waals surface area contributed by atoms with Crippen LogP contribution in [0.3, 0.4) is 0 Å². The van der Waals surface area contributed by atoms with Crippen molar-refractivity contribution in [2.75, 3.05) is 0 Å². The van der Waals surface area contributed by atoms with Gasteiger partial charge in [-0.05, 0) is 25.0 Å². The molecule has 2 unspecified atom stereocenters.